The Labute approximate surface area is 222 Å². The van der Waals surface area contributed by atoms with Crippen LogP contribution in [0.25, 0.3) is 17.1 Å². The van der Waals surface area contributed by atoms with Gasteiger partial charge in [0.15, 0.2) is 10.9 Å². The summed E-state index contributed by atoms with van der Waals surface area (Å²) in [5.41, 5.74) is 5.90. The Balaban J connectivity index is 1.32. The van der Waals surface area contributed by atoms with Gasteiger partial charge < -0.3 is 14.8 Å². The second-order valence-electron chi connectivity index (χ2n) is 7.98. The van der Waals surface area contributed by atoms with Gasteiger partial charge in [0, 0.05) is 11.1 Å². The van der Waals surface area contributed by atoms with Crippen molar-refractivity contribution in [2.24, 2.45) is 5.10 Å². The predicted molar refractivity (Wildman–Crippen MR) is 141 cm³/mol. The van der Waals surface area contributed by atoms with E-state index in [1.54, 1.807) is 13.3 Å². The van der Waals surface area contributed by atoms with E-state index in [4.69, 9.17) is 17.0 Å². The third-order valence-corrected chi connectivity index (χ3v) is 5.54. The van der Waals surface area contributed by atoms with Crippen LogP contribution in [0.1, 0.15) is 24.1 Å². The lowest BCUT2D eigenvalue weighted by Gasteiger charge is -2.18. The zero-order valence-electron chi connectivity index (χ0n) is 20.3. The van der Waals surface area contributed by atoms with Crippen LogP contribution in [0.4, 0.5) is 13.2 Å². The third-order valence-electron chi connectivity index (χ3n) is 5.33. The minimum absolute atomic E-state index is 0.0842. The molecule has 0 fully saturated rings. The molecule has 1 atom stereocenters. The van der Waals surface area contributed by atoms with E-state index in [0.717, 1.165) is 22.4 Å². The highest BCUT2D eigenvalue weighted by Gasteiger charge is 2.31. The first-order valence-electron chi connectivity index (χ1n) is 11.3. The first-order valence-corrected chi connectivity index (χ1v) is 11.7. The Kier molecular flexibility index (Phi) is 8.22. The minimum atomic E-state index is -4.74. The van der Waals surface area contributed by atoms with Crippen LogP contribution in [0.5, 0.6) is 11.5 Å². The summed E-state index contributed by atoms with van der Waals surface area (Å²) in [7, 11) is 1.62. The molecule has 0 bridgehead atoms. The molecule has 0 amide bonds. The van der Waals surface area contributed by atoms with E-state index in [2.05, 4.69) is 30.7 Å². The highest BCUT2D eigenvalue weighted by atomic mass is 32.1. The van der Waals surface area contributed by atoms with Crippen molar-refractivity contribution in [1.29, 1.82) is 0 Å². The fourth-order valence-corrected chi connectivity index (χ4v) is 3.76. The van der Waals surface area contributed by atoms with Crippen LogP contribution in [0.3, 0.4) is 0 Å². The predicted octanol–water partition coefficient (Wildman–Crippen LogP) is 5.40. The number of methoxy groups -OCH3 is 1. The molecule has 0 saturated carbocycles. The van der Waals surface area contributed by atoms with E-state index < -0.39 is 6.36 Å². The van der Waals surface area contributed by atoms with Crippen molar-refractivity contribution in [3.63, 3.8) is 0 Å². The van der Waals surface area contributed by atoms with Crippen LogP contribution in [0.2, 0.25) is 0 Å². The molecule has 0 aliphatic heterocycles. The van der Waals surface area contributed by atoms with Crippen LogP contribution >= 0.6 is 12.2 Å². The lowest BCUT2D eigenvalue weighted by molar-refractivity contribution is -0.274. The molecule has 1 heterocycles. The number of nitrogens with one attached hydrogen (secondary N) is 2. The van der Waals surface area contributed by atoms with Crippen molar-refractivity contribution in [3.8, 4) is 28.6 Å². The van der Waals surface area contributed by atoms with Crippen LogP contribution in [-0.2, 0) is 0 Å². The summed E-state index contributed by atoms with van der Waals surface area (Å²) < 4.78 is 47.8. The molecular weight excluding hydrogens is 517 g/mol. The molecule has 3 aromatic carbocycles. The number of aromatic nitrogens is 3. The molecule has 0 aliphatic carbocycles. The van der Waals surface area contributed by atoms with Crippen LogP contribution in [-0.4, -0.2) is 39.6 Å². The Bertz CT molecular complexity index is 1410. The number of ether oxygens (including phenoxy) is 2. The molecule has 12 heteroatoms. The maximum Gasteiger partial charge on any atom is 0.573 e. The lowest BCUT2D eigenvalue weighted by Crippen LogP contribution is -2.34. The van der Waals surface area contributed by atoms with Gasteiger partial charge in [0.1, 0.15) is 17.8 Å². The van der Waals surface area contributed by atoms with Gasteiger partial charge in [-0.25, -0.2) is 9.67 Å². The second kappa shape index (κ2) is 11.7. The number of hydrogen-bond donors (Lipinski definition) is 2. The number of para-hydroxylation sites is 1. The van der Waals surface area contributed by atoms with Crippen molar-refractivity contribution in [2.75, 3.05) is 7.11 Å². The number of rotatable bonds is 8. The number of alkyl halides is 3. The average molecular weight is 541 g/mol. The van der Waals surface area contributed by atoms with E-state index in [0.29, 0.717) is 16.6 Å². The summed E-state index contributed by atoms with van der Waals surface area (Å²) in [4.78, 5) is 4.28. The highest BCUT2D eigenvalue weighted by Crippen LogP contribution is 2.25. The largest absolute Gasteiger partial charge is 0.573 e. The third kappa shape index (κ3) is 7.07. The van der Waals surface area contributed by atoms with Gasteiger partial charge in [-0.15, -0.1) is 18.3 Å². The van der Waals surface area contributed by atoms with E-state index in [-0.39, 0.29) is 11.8 Å². The molecule has 0 radical (unpaired) electrons. The summed E-state index contributed by atoms with van der Waals surface area (Å²) in [5, 5.41) is 12.1. The molecule has 4 aromatic rings. The Morgan fingerprint density at radius 1 is 1.05 bits per heavy atom. The average Bonchev–Trinajstić information content (AvgIpc) is 3.39. The standard InChI is InChI=1S/C26H23F3N6O2S/c1-17(22-5-3-4-6-23(22)36-2)32-25(38)33-31-15-18-7-9-19(10-8-18)24-30-16-35(34-24)20-11-13-21(14-12-20)37-26(27,28)29/h3-17H,1-2H3,(H2,32,33,38)/b31-15+. The van der Waals surface area contributed by atoms with Gasteiger partial charge in [0.25, 0.3) is 0 Å². The molecule has 38 heavy (non-hydrogen) atoms. The van der Waals surface area contributed by atoms with Crippen molar-refractivity contribution < 1.29 is 22.6 Å². The molecule has 8 nitrogen and oxygen atoms in total. The van der Waals surface area contributed by atoms with Gasteiger partial charge in [0.05, 0.1) is 25.1 Å². The molecule has 1 unspecified atom stereocenters. The summed E-state index contributed by atoms with van der Waals surface area (Å²) >= 11 is 5.33. The number of thiocarbonyl (C=S) groups is 1. The molecule has 2 N–H and O–H groups in total. The minimum Gasteiger partial charge on any atom is -0.496 e. The maximum absolute atomic E-state index is 12.3. The SMILES string of the molecule is COc1ccccc1C(C)NC(=S)N/N=C/c1ccc(-c2ncn(-c3ccc(OC(F)(F)F)cc3)n2)cc1. The van der Waals surface area contributed by atoms with Crippen molar-refractivity contribution in [2.45, 2.75) is 19.3 Å². The van der Waals surface area contributed by atoms with Gasteiger partial charge in [-0.1, -0.05) is 42.5 Å². The lowest BCUT2D eigenvalue weighted by atomic mass is 10.1. The molecular formula is C26H23F3N6O2S. The van der Waals surface area contributed by atoms with Crippen molar-refractivity contribution in [3.05, 3.63) is 90.3 Å². The molecule has 0 aliphatic rings. The van der Waals surface area contributed by atoms with Crippen molar-refractivity contribution in [1.82, 2.24) is 25.5 Å². The number of hydrogen-bond acceptors (Lipinski definition) is 6. The number of halogens is 3. The quantitative estimate of drug-likeness (QED) is 0.176. The van der Waals surface area contributed by atoms with E-state index in [1.807, 2.05) is 55.5 Å². The Hall–Kier alpha value is -4.45. The van der Waals surface area contributed by atoms with Gasteiger partial charge in [-0.3, -0.25) is 5.43 Å². The van der Waals surface area contributed by atoms with Gasteiger partial charge in [-0.2, -0.15) is 5.10 Å². The van der Waals surface area contributed by atoms with Crippen LogP contribution in [0, 0.1) is 0 Å². The zero-order valence-corrected chi connectivity index (χ0v) is 21.1. The smallest absolute Gasteiger partial charge is 0.496 e. The van der Waals surface area contributed by atoms with Gasteiger partial charge in [0.2, 0.25) is 0 Å². The summed E-state index contributed by atoms with van der Waals surface area (Å²) in [6, 6.07) is 20.3. The van der Waals surface area contributed by atoms with E-state index in [9.17, 15) is 13.2 Å². The normalized spacial score (nSPS) is 12.2. The second-order valence-corrected chi connectivity index (χ2v) is 8.39. The number of benzene rings is 3. The Morgan fingerprint density at radius 3 is 2.45 bits per heavy atom. The van der Waals surface area contributed by atoms with Crippen molar-refractivity contribution >= 4 is 23.5 Å². The highest BCUT2D eigenvalue weighted by molar-refractivity contribution is 7.80. The van der Waals surface area contributed by atoms with E-state index >= 15 is 0 Å². The topological polar surface area (TPSA) is 85.6 Å². The fraction of sp³-hybridized carbons (Fsp3) is 0.154. The summed E-state index contributed by atoms with van der Waals surface area (Å²) in [6.07, 6.45) is -1.64. The first kappa shape index (κ1) is 26.6. The zero-order chi connectivity index (χ0) is 27.1. The van der Waals surface area contributed by atoms with Crippen LogP contribution in [0.15, 0.2) is 84.2 Å². The molecule has 1 aromatic heterocycles. The van der Waals surface area contributed by atoms with E-state index in [1.165, 1.54) is 35.3 Å². The monoisotopic (exact) mass is 540 g/mol. The summed E-state index contributed by atoms with van der Waals surface area (Å²) in [6.45, 7) is 1.97. The molecule has 0 spiro atoms. The molecule has 196 valence electrons. The Morgan fingerprint density at radius 2 is 1.76 bits per heavy atom. The number of nitrogens with zero attached hydrogens (tertiary/aromatic N) is 4. The van der Waals surface area contributed by atoms with Crippen LogP contribution < -0.4 is 20.2 Å². The first-order chi connectivity index (χ1) is 18.2. The maximum atomic E-state index is 12.3. The molecule has 4 rings (SSSR count). The van der Waals surface area contributed by atoms with Gasteiger partial charge in [-0.05, 0) is 55.0 Å². The fourth-order valence-electron chi connectivity index (χ4n) is 3.53. The summed E-state index contributed by atoms with van der Waals surface area (Å²) in [5.74, 6) is 0.917. The molecule has 0 saturated heterocycles. The number of hydrazone groups is 1. The van der Waals surface area contributed by atoms with Gasteiger partial charge >= 0.3 is 6.36 Å².